The van der Waals surface area contributed by atoms with Gasteiger partial charge in [0.25, 0.3) is 0 Å². The van der Waals surface area contributed by atoms with Gasteiger partial charge < -0.3 is 14.8 Å². The average Bonchev–Trinajstić information content (AvgIpc) is 3.18. The van der Waals surface area contributed by atoms with Gasteiger partial charge in [0.1, 0.15) is 15.8 Å². The number of carbonyl (C=O) groups excluding carboxylic acids is 1. The summed E-state index contributed by atoms with van der Waals surface area (Å²) in [5, 5.41) is 2.84. The van der Waals surface area contributed by atoms with Crippen molar-refractivity contribution in [3.05, 3.63) is 54.1 Å². The molecule has 0 unspecified atom stereocenters. The highest BCUT2D eigenvalue weighted by molar-refractivity contribution is 6.53. The fourth-order valence-corrected chi connectivity index (χ4v) is 3.67. The van der Waals surface area contributed by atoms with Crippen LogP contribution in [0.2, 0.25) is 0 Å². The van der Waals surface area contributed by atoms with E-state index in [1.54, 1.807) is 25.3 Å². The third kappa shape index (κ3) is 3.04. The molecule has 1 saturated carbocycles. The van der Waals surface area contributed by atoms with E-state index < -0.39 is 10.3 Å². The van der Waals surface area contributed by atoms with E-state index in [1.807, 2.05) is 30.3 Å². The Bertz CT molecular complexity index is 749. The Hall–Kier alpha value is -1.91. The van der Waals surface area contributed by atoms with E-state index in [1.165, 1.54) is 7.11 Å². The summed E-state index contributed by atoms with van der Waals surface area (Å²) in [6.07, 6.45) is 0. The summed E-state index contributed by atoms with van der Waals surface area (Å²) in [6.45, 7) is 0. The van der Waals surface area contributed by atoms with Crippen LogP contribution in [0.15, 0.2) is 48.5 Å². The molecule has 4 nitrogen and oxygen atoms in total. The molecule has 2 aromatic rings. The molecule has 6 heteroatoms. The van der Waals surface area contributed by atoms with Gasteiger partial charge in [-0.25, -0.2) is 0 Å². The van der Waals surface area contributed by atoms with Crippen LogP contribution < -0.4 is 14.8 Å². The van der Waals surface area contributed by atoms with E-state index >= 15 is 0 Å². The van der Waals surface area contributed by atoms with Gasteiger partial charge in [0.2, 0.25) is 5.91 Å². The first kappa shape index (κ1) is 16.9. The van der Waals surface area contributed by atoms with Gasteiger partial charge in [0.05, 0.1) is 25.8 Å². The van der Waals surface area contributed by atoms with E-state index in [0.29, 0.717) is 17.2 Å². The molecule has 1 aliphatic carbocycles. The lowest BCUT2D eigenvalue weighted by Crippen LogP contribution is -2.17. The fourth-order valence-electron chi connectivity index (χ4n) is 2.84. The molecule has 0 heterocycles. The number of hydrogen-bond acceptors (Lipinski definition) is 3. The van der Waals surface area contributed by atoms with Crippen LogP contribution in [0.1, 0.15) is 11.5 Å². The molecule has 24 heavy (non-hydrogen) atoms. The summed E-state index contributed by atoms with van der Waals surface area (Å²) < 4.78 is 9.34. The molecule has 0 saturated heterocycles. The predicted molar refractivity (Wildman–Crippen MR) is 95.3 cm³/mol. The number of ether oxygens (including phenoxy) is 2. The second-order valence-electron chi connectivity index (χ2n) is 5.60. The molecular weight excluding hydrogens is 349 g/mol. The highest BCUT2D eigenvalue weighted by atomic mass is 35.5. The summed E-state index contributed by atoms with van der Waals surface area (Å²) in [5.74, 6) is 0.162. The summed E-state index contributed by atoms with van der Waals surface area (Å²) in [6, 6.07) is 14.7. The third-order valence-corrected chi connectivity index (χ3v) is 5.10. The standard InChI is InChI=1S/C18H17Cl2NO3/c1-23-12-8-9-13(14(10-12)24-2)21-17(22)16-15(18(16,19)20)11-6-4-3-5-7-11/h3-10,15-16H,1-2H3,(H,21,22)/t15-,16-/m0/s1. The van der Waals surface area contributed by atoms with Crippen molar-refractivity contribution in [1.82, 2.24) is 0 Å². The lowest BCUT2D eigenvalue weighted by Gasteiger charge is -2.11. The largest absolute Gasteiger partial charge is 0.497 e. The zero-order valence-electron chi connectivity index (χ0n) is 13.3. The first-order valence-corrected chi connectivity index (χ1v) is 8.20. The zero-order valence-corrected chi connectivity index (χ0v) is 14.8. The topological polar surface area (TPSA) is 47.6 Å². The Morgan fingerprint density at radius 2 is 1.79 bits per heavy atom. The molecule has 1 N–H and O–H groups in total. The number of benzene rings is 2. The molecule has 1 amide bonds. The molecular formula is C18H17Cl2NO3. The number of carbonyl (C=O) groups is 1. The Balaban J connectivity index is 1.79. The maximum atomic E-state index is 12.6. The number of alkyl halides is 2. The Morgan fingerprint density at radius 1 is 1.08 bits per heavy atom. The van der Waals surface area contributed by atoms with Crippen molar-refractivity contribution in [2.24, 2.45) is 5.92 Å². The predicted octanol–water partition coefficient (Wildman–Crippen LogP) is 4.23. The smallest absolute Gasteiger partial charge is 0.231 e. The van der Waals surface area contributed by atoms with Crippen molar-refractivity contribution in [1.29, 1.82) is 0 Å². The number of hydrogen-bond donors (Lipinski definition) is 1. The fraction of sp³-hybridized carbons (Fsp3) is 0.278. The average molecular weight is 366 g/mol. The minimum absolute atomic E-state index is 0.230. The zero-order chi connectivity index (χ0) is 17.3. The maximum absolute atomic E-state index is 12.6. The second kappa shape index (κ2) is 6.54. The van der Waals surface area contributed by atoms with Gasteiger partial charge in [0, 0.05) is 12.0 Å². The maximum Gasteiger partial charge on any atom is 0.231 e. The summed E-state index contributed by atoms with van der Waals surface area (Å²) in [4.78, 5) is 12.6. The molecule has 2 aromatic carbocycles. The minimum Gasteiger partial charge on any atom is -0.497 e. The first-order chi connectivity index (χ1) is 11.5. The van der Waals surface area contributed by atoms with Crippen molar-refractivity contribution in [2.75, 3.05) is 19.5 Å². The van der Waals surface area contributed by atoms with Crippen molar-refractivity contribution in [3.63, 3.8) is 0 Å². The number of amides is 1. The highest BCUT2D eigenvalue weighted by Crippen LogP contribution is 2.65. The quantitative estimate of drug-likeness (QED) is 0.806. The molecule has 0 radical (unpaired) electrons. The van der Waals surface area contributed by atoms with Crippen LogP contribution in [0, 0.1) is 5.92 Å². The van der Waals surface area contributed by atoms with E-state index in [0.717, 1.165) is 5.56 Å². The number of anilines is 1. The van der Waals surface area contributed by atoms with Gasteiger partial charge in [0.15, 0.2) is 0 Å². The van der Waals surface area contributed by atoms with Crippen LogP contribution in [-0.2, 0) is 4.79 Å². The van der Waals surface area contributed by atoms with E-state index in [9.17, 15) is 4.79 Å². The van der Waals surface area contributed by atoms with Crippen LogP contribution in [0.4, 0.5) is 5.69 Å². The number of methoxy groups -OCH3 is 2. The van der Waals surface area contributed by atoms with Crippen LogP contribution in [-0.4, -0.2) is 24.5 Å². The number of nitrogens with one attached hydrogen (secondary N) is 1. The second-order valence-corrected chi connectivity index (χ2v) is 7.04. The molecule has 1 fully saturated rings. The van der Waals surface area contributed by atoms with Crippen molar-refractivity contribution < 1.29 is 14.3 Å². The number of halogens is 2. The Morgan fingerprint density at radius 3 is 2.42 bits per heavy atom. The van der Waals surface area contributed by atoms with Crippen molar-refractivity contribution in [2.45, 2.75) is 10.3 Å². The molecule has 0 aromatic heterocycles. The summed E-state index contributed by atoms with van der Waals surface area (Å²) >= 11 is 12.7. The molecule has 2 atom stereocenters. The van der Waals surface area contributed by atoms with Gasteiger partial charge in [-0.2, -0.15) is 0 Å². The molecule has 126 valence electrons. The molecule has 0 bridgehead atoms. The van der Waals surface area contributed by atoms with E-state index in [-0.39, 0.29) is 11.8 Å². The summed E-state index contributed by atoms with van der Waals surface area (Å²) in [5.41, 5.74) is 1.50. The monoisotopic (exact) mass is 365 g/mol. The van der Waals surface area contributed by atoms with Gasteiger partial charge in [-0.15, -0.1) is 23.2 Å². The Kier molecular flexibility index (Phi) is 4.61. The van der Waals surface area contributed by atoms with Crippen LogP contribution in [0.25, 0.3) is 0 Å². The lowest BCUT2D eigenvalue weighted by molar-refractivity contribution is -0.117. The molecule has 3 rings (SSSR count). The summed E-state index contributed by atoms with van der Waals surface area (Å²) in [7, 11) is 3.10. The van der Waals surface area contributed by atoms with Crippen molar-refractivity contribution >= 4 is 34.8 Å². The van der Waals surface area contributed by atoms with Gasteiger partial charge in [-0.1, -0.05) is 30.3 Å². The SMILES string of the molecule is COc1ccc(NC(=O)[C@@H]2[C@H](c3ccccc3)C2(Cl)Cl)c(OC)c1. The van der Waals surface area contributed by atoms with Gasteiger partial charge in [-0.05, 0) is 17.7 Å². The van der Waals surface area contributed by atoms with Crippen LogP contribution in [0.5, 0.6) is 11.5 Å². The van der Waals surface area contributed by atoms with Gasteiger partial charge in [-0.3, -0.25) is 4.79 Å². The number of rotatable bonds is 5. The molecule has 1 aliphatic rings. The van der Waals surface area contributed by atoms with E-state index in [4.69, 9.17) is 32.7 Å². The van der Waals surface area contributed by atoms with Crippen LogP contribution >= 0.6 is 23.2 Å². The Labute approximate surface area is 150 Å². The van der Waals surface area contributed by atoms with E-state index in [2.05, 4.69) is 5.32 Å². The highest BCUT2D eigenvalue weighted by Gasteiger charge is 2.67. The lowest BCUT2D eigenvalue weighted by atomic mass is 10.1. The normalized spacial score (nSPS) is 21.0. The minimum atomic E-state index is -1.11. The van der Waals surface area contributed by atoms with Crippen molar-refractivity contribution in [3.8, 4) is 11.5 Å². The molecule has 0 aliphatic heterocycles. The molecule has 0 spiro atoms. The van der Waals surface area contributed by atoms with Gasteiger partial charge >= 0.3 is 0 Å². The first-order valence-electron chi connectivity index (χ1n) is 7.44. The van der Waals surface area contributed by atoms with Crippen LogP contribution in [0.3, 0.4) is 0 Å². The third-order valence-electron chi connectivity index (χ3n) is 4.16.